The molecule has 8 nitrogen and oxygen atoms in total. The molecule has 4 aromatic rings. The fourth-order valence-electron chi connectivity index (χ4n) is 5.13. The van der Waals surface area contributed by atoms with E-state index >= 15 is 0 Å². The molecule has 2 aromatic carbocycles. The number of ether oxygens (including phenoxy) is 1. The third-order valence-electron chi connectivity index (χ3n) is 7.28. The number of nitrogens with zero attached hydrogens (tertiary/aromatic N) is 5. The summed E-state index contributed by atoms with van der Waals surface area (Å²) in [6.45, 7) is 9.50. The summed E-state index contributed by atoms with van der Waals surface area (Å²) in [6.07, 6.45) is 1.20. The number of aromatic carboxylic acids is 1. The fourth-order valence-corrected chi connectivity index (χ4v) is 5.13. The van der Waals surface area contributed by atoms with Crippen molar-refractivity contribution in [2.45, 2.75) is 26.2 Å². The topological polar surface area (TPSA) is 83.7 Å². The second-order valence-corrected chi connectivity index (χ2v) is 10.0. The van der Waals surface area contributed by atoms with E-state index in [4.69, 9.17) is 9.84 Å². The maximum Gasteiger partial charge on any atom is 0.354 e. The predicted octanol–water partition coefficient (Wildman–Crippen LogP) is 4.96. The van der Waals surface area contributed by atoms with Crippen molar-refractivity contribution in [3.63, 3.8) is 0 Å². The maximum atomic E-state index is 12.1. The lowest BCUT2D eigenvalue weighted by atomic mass is 9.97. The first-order valence-electron chi connectivity index (χ1n) is 12.9. The Bertz CT molecular complexity index is 1450. The second kappa shape index (κ2) is 9.52. The van der Waals surface area contributed by atoms with Crippen LogP contribution in [0.25, 0.3) is 27.8 Å². The number of hydrogen-bond acceptors (Lipinski definition) is 6. The highest BCUT2D eigenvalue weighted by Gasteiger charge is 2.24. The van der Waals surface area contributed by atoms with Crippen molar-refractivity contribution in [1.82, 2.24) is 14.8 Å². The quantitative estimate of drug-likeness (QED) is 0.403. The normalized spacial score (nSPS) is 15.9. The SMILES string of the molecule is CC(C)c1nn(-c2cccc(N3CCC3)c2)c2nc(C(=O)O)cc(-c3ccc(N4CCOCC4)cc3)c12. The van der Waals surface area contributed by atoms with Gasteiger partial charge in [-0.3, -0.25) is 0 Å². The molecule has 0 bridgehead atoms. The maximum absolute atomic E-state index is 12.1. The van der Waals surface area contributed by atoms with E-state index in [0.717, 1.165) is 78.7 Å². The Hall–Kier alpha value is -3.91. The number of benzene rings is 2. The summed E-state index contributed by atoms with van der Waals surface area (Å²) in [5.41, 5.74) is 6.43. The van der Waals surface area contributed by atoms with Crippen LogP contribution in [0.5, 0.6) is 0 Å². The molecule has 1 N–H and O–H groups in total. The average molecular weight is 498 g/mol. The van der Waals surface area contributed by atoms with E-state index in [1.165, 1.54) is 6.42 Å². The van der Waals surface area contributed by atoms with Crippen molar-refractivity contribution in [3.05, 3.63) is 66.0 Å². The molecule has 4 heterocycles. The van der Waals surface area contributed by atoms with E-state index in [-0.39, 0.29) is 11.6 Å². The molecule has 6 rings (SSSR count). The first kappa shape index (κ1) is 23.5. The molecule has 2 aliphatic heterocycles. The van der Waals surface area contributed by atoms with Crippen LogP contribution >= 0.6 is 0 Å². The van der Waals surface area contributed by atoms with Crippen molar-refractivity contribution in [1.29, 1.82) is 0 Å². The van der Waals surface area contributed by atoms with Crippen molar-refractivity contribution >= 4 is 28.4 Å². The zero-order valence-electron chi connectivity index (χ0n) is 21.2. The summed E-state index contributed by atoms with van der Waals surface area (Å²) in [6, 6.07) is 18.3. The lowest BCUT2D eigenvalue weighted by Crippen LogP contribution is -2.36. The Morgan fingerprint density at radius 2 is 1.62 bits per heavy atom. The lowest BCUT2D eigenvalue weighted by molar-refractivity contribution is 0.0691. The van der Waals surface area contributed by atoms with Gasteiger partial charge in [-0.05, 0) is 59.9 Å². The number of rotatable bonds is 6. The highest BCUT2D eigenvalue weighted by atomic mass is 16.5. The van der Waals surface area contributed by atoms with Gasteiger partial charge in [0.05, 0.1) is 30.0 Å². The van der Waals surface area contributed by atoms with Gasteiger partial charge < -0.3 is 19.6 Å². The number of carboxylic acid groups (broad SMARTS) is 1. The second-order valence-electron chi connectivity index (χ2n) is 10.0. The molecular formula is C29H31N5O3. The molecule has 0 saturated carbocycles. The molecule has 0 amide bonds. The third kappa shape index (κ3) is 4.31. The monoisotopic (exact) mass is 497 g/mol. The zero-order valence-corrected chi connectivity index (χ0v) is 21.2. The Kier molecular flexibility index (Phi) is 6.04. The predicted molar refractivity (Wildman–Crippen MR) is 145 cm³/mol. The van der Waals surface area contributed by atoms with Crippen LogP contribution in [0.4, 0.5) is 11.4 Å². The number of anilines is 2. The largest absolute Gasteiger partial charge is 0.477 e. The van der Waals surface area contributed by atoms with Gasteiger partial charge in [-0.2, -0.15) is 5.10 Å². The van der Waals surface area contributed by atoms with Gasteiger partial charge in [0.15, 0.2) is 11.3 Å². The number of carboxylic acids is 1. The molecule has 0 unspecified atom stereocenters. The average Bonchev–Trinajstić information content (AvgIpc) is 3.28. The molecule has 2 aromatic heterocycles. The number of hydrogen-bond donors (Lipinski definition) is 1. The molecule has 2 aliphatic rings. The van der Waals surface area contributed by atoms with Crippen LogP contribution in [0.15, 0.2) is 54.6 Å². The minimum absolute atomic E-state index is 0.00936. The summed E-state index contributed by atoms with van der Waals surface area (Å²) in [4.78, 5) is 21.4. The summed E-state index contributed by atoms with van der Waals surface area (Å²) in [7, 11) is 0. The van der Waals surface area contributed by atoms with Crippen LogP contribution in [0.3, 0.4) is 0 Å². The van der Waals surface area contributed by atoms with E-state index in [0.29, 0.717) is 5.65 Å². The molecule has 190 valence electrons. The highest BCUT2D eigenvalue weighted by molar-refractivity contribution is 6.00. The van der Waals surface area contributed by atoms with E-state index in [1.807, 2.05) is 16.8 Å². The molecule has 0 atom stereocenters. The molecule has 2 fully saturated rings. The van der Waals surface area contributed by atoms with Crippen LogP contribution in [0.2, 0.25) is 0 Å². The van der Waals surface area contributed by atoms with Gasteiger partial charge in [-0.15, -0.1) is 0 Å². The highest BCUT2D eigenvalue weighted by Crippen LogP contribution is 2.36. The van der Waals surface area contributed by atoms with E-state index in [9.17, 15) is 9.90 Å². The Labute approximate surface area is 216 Å². The van der Waals surface area contributed by atoms with Gasteiger partial charge in [0.1, 0.15) is 0 Å². The van der Waals surface area contributed by atoms with Gasteiger partial charge in [0.25, 0.3) is 0 Å². The van der Waals surface area contributed by atoms with Gasteiger partial charge in [0, 0.05) is 37.6 Å². The molecular weight excluding hydrogens is 466 g/mol. The summed E-state index contributed by atoms with van der Waals surface area (Å²) in [5.74, 6) is -0.924. The van der Waals surface area contributed by atoms with Crippen LogP contribution < -0.4 is 9.80 Å². The van der Waals surface area contributed by atoms with Gasteiger partial charge in [-0.1, -0.05) is 32.0 Å². The first-order chi connectivity index (χ1) is 18.0. The minimum atomic E-state index is -1.05. The fraction of sp³-hybridized carbons (Fsp3) is 0.345. The van der Waals surface area contributed by atoms with E-state index in [2.05, 4.69) is 65.0 Å². The molecule has 0 spiro atoms. The number of fused-ring (bicyclic) bond motifs is 1. The van der Waals surface area contributed by atoms with E-state index in [1.54, 1.807) is 6.07 Å². The first-order valence-corrected chi connectivity index (χ1v) is 12.9. The Morgan fingerprint density at radius 1 is 0.919 bits per heavy atom. The summed E-state index contributed by atoms with van der Waals surface area (Å²) >= 11 is 0. The van der Waals surface area contributed by atoms with Crippen LogP contribution in [-0.2, 0) is 4.74 Å². The number of carbonyl (C=O) groups is 1. The third-order valence-corrected chi connectivity index (χ3v) is 7.28. The molecule has 0 radical (unpaired) electrons. The zero-order chi connectivity index (χ0) is 25.5. The van der Waals surface area contributed by atoms with Crippen molar-refractivity contribution in [3.8, 4) is 16.8 Å². The molecule has 0 aliphatic carbocycles. The van der Waals surface area contributed by atoms with Crippen molar-refractivity contribution < 1.29 is 14.6 Å². The lowest BCUT2D eigenvalue weighted by Gasteiger charge is -2.33. The number of aromatic nitrogens is 3. The number of morpholine rings is 1. The van der Waals surface area contributed by atoms with Gasteiger partial charge in [-0.25, -0.2) is 14.5 Å². The van der Waals surface area contributed by atoms with Crippen molar-refractivity contribution in [2.75, 3.05) is 49.2 Å². The van der Waals surface area contributed by atoms with Gasteiger partial charge >= 0.3 is 5.97 Å². The standard InChI is InChI=1S/C29H31N5O3/c1-19(2)27-26-24(20-7-9-21(10-8-20)33-13-15-37-16-14-33)18-25(29(35)36)30-28(26)34(31-27)23-6-3-5-22(17-23)32-11-4-12-32/h3,5-10,17-19H,4,11-16H2,1-2H3,(H,35,36). The summed E-state index contributed by atoms with van der Waals surface area (Å²) < 4.78 is 7.30. The smallest absolute Gasteiger partial charge is 0.354 e. The molecule has 37 heavy (non-hydrogen) atoms. The minimum Gasteiger partial charge on any atom is -0.477 e. The molecule has 8 heteroatoms. The Morgan fingerprint density at radius 3 is 2.27 bits per heavy atom. The van der Waals surface area contributed by atoms with Crippen molar-refractivity contribution in [2.24, 2.45) is 0 Å². The molecule has 2 saturated heterocycles. The van der Waals surface area contributed by atoms with E-state index < -0.39 is 5.97 Å². The van der Waals surface area contributed by atoms with Crippen LogP contribution in [0, 0.1) is 0 Å². The Balaban J connectivity index is 1.51. The summed E-state index contributed by atoms with van der Waals surface area (Å²) in [5, 5.41) is 15.8. The number of pyridine rings is 1. The van der Waals surface area contributed by atoms with Gasteiger partial charge in [0.2, 0.25) is 0 Å². The van der Waals surface area contributed by atoms with Crippen LogP contribution in [-0.4, -0.2) is 65.2 Å². The van der Waals surface area contributed by atoms with Crippen LogP contribution in [0.1, 0.15) is 42.4 Å².